The second-order valence-corrected chi connectivity index (χ2v) is 7.92. The van der Waals surface area contributed by atoms with E-state index in [1.807, 2.05) is 0 Å². The van der Waals surface area contributed by atoms with E-state index in [9.17, 15) is 4.79 Å². The van der Waals surface area contributed by atoms with Crippen molar-refractivity contribution in [3.05, 3.63) is 0 Å². The summed E-state index contributed by atoms with van der Waals surface area (Å²) in [6, 6.07) is 0. The summed E-state index contributed by atoms with van der Waals surface area (Å²) >= 11 is 0. The van der Waals surface area contributed by atoms with E-state index in [0.29, 0.717) is 25.0 Å². The average molecular weight is 312 g/mol. The van der Waals surface area contributed by atoms with Crippen LogP contribution in [0.4, 0.5) is 0 Å². The number of esters is 1. The monoisotopic (exact) mass is 312 g/mol. The SMILES string of the molecule is CCCCCCCC(=O)OCC1(COC)CCC(C)(C)CC1. The van der Waals surface area contributed by atoms with Crippen LogP contribution in [0, 0.1) is 10.8 Å². The van der Waals surface area contributed by atoms with Crippen molar-refractivity contribution >= 4 is 5.97 Å². The second kappa shape index (κ2) is 9.54. The lowest BCUT2D eigenvalue weighted by Gasteiger charge is -2.42. The quantitative estimate of drug-likeness (QED) is 0.415. The Morgan fingerprint density at radius 1 is 0.955 bits per heavy atom. The van der Waals surface area contributed by atoms with Crippen LogP contribution in [0.25, 0.3) is 0 Å². The van der Waals surface area contributed by atoms with E-state index >= 15 is 0 Å². The number of hydrogen-bond donors (Lipinski definition) is 0. The molecule has 0 amide bonds. The highest BCUT2D eigenvalue weighted by molar-refractivity contribution is 5.69. The van der Waals surface area contributed by atoms with Crippen molar-refractivity contribution < 1.29 is 14.3 Å². The van der Waals surface area contributed by atoms with Gasteiger partial charge >= 0.3 is 5.97 Å². The van der Waals surface area contributed by atoms with Crippen LogP contribution in [0.15, 0.2) is 0 Å². The smallest absolute Gasteiger partial charge is 0.305 e. The Morgan fingerprint density at radius 2 is 1.59 bits per heavy atom. The lowest BCUT2D eigenvalue weighted by molar-refractivity contribution is -0.150. The fraction of sp³-hybridized carbons (Fsp3) is 0.947. The molecule has 0 radical (unpaired) electrons. The molecule has 0 N–H and O–H groups in total. The fourth-order valence-electron chi connectivity index (χ4n) is 3.27. The Morgan fingerprint density at radius 3 is 2.18 bits per heavy atom. The van der Waals surface area contributed by atoms with Crippen LogP contribution in [0.1, 0.15) is 85.0 Å². The molecule has 130 valence electrons. The lowest BCUT2D eigenvalue weighted by atomic mass is 9.66. The summed E-state index contributed by atoms with van der Waals surface area (Å²) in [6.45, 7) is 8.09. The van der Waals surface area contributed by atoms with Gasteiger partial charge in [-0.15, -0.1) is 0 Å². The molecule has 3 nitrogen and oxygen atoms in total. The maximum Gasteiger partial charge on any atom is 0.305 e. The molecule has 1 aliphatic carbocycles. The topological polar surface area (TPSA) is 35.5 Å². The lowest BCUT2D eigenvalue weighted by Crippen LogP contribution is -2.39. The van der Waals surface area contributed by atoms with E-state index in [-0.39, 0.29) is 11.4 Å². The maximum absolute atomic E-state index is 11.9. The summed E-state index contributed by atoms with van der Waals surface area (Å²) in [5, 5.41) is 0. The molecule has 0 atom stereocenters. The summed E-state index contributed by atoms with van der Waals surface area (Å²) < 4.78 is 11.0. The zero-order chi connectivity index (χ0) is 16.5. The van der Waals surface area contributed by atoms with Crippen molar-refractivity contribution in [2.75, 3.05) is 20.3 Å². The van der Waals surface area contributed by atoms with E-state index in [1.54, 1.807) is 7.11 Å². The third kappa shape index (κ3) is 7.13. The van der Waals surface area contributed by atoms with Crippen LogP contribution >= 0.6 is 0 Å². The highest BCUT2D eigenvalue weighted by Gasteiger charge is 2.39. The molecule has 0 aliphatic heterocycles. The third-order valence-electron chi connectivity index (χ3n) is 5.14. The molecule has 0 unspecified atom stereocenters. The van der Waals surface area contributed by atoms with Crippen LogP contribution in [0.3, 0.4) is 0 Å². The molecule has 22 heavy (non-hydrogen) atoms. The van der Waals surface area contributed by atoms with Gasteiger partial charge in [-0.3, -0.25) is 4.79 Å². The first-order chi connectivity index (χ1) is 10.4. The minimum atomic E-state index is -0.0307. The predicted molar refractivity (Wildman–Crippen MR) is 90.9 cm³/mol. The van der Waals surface area contributed by atoms with Crippen LogP contribution in [-0.2, 0) is 14.3 Å². The summed E-state index contributed by atoms with van der Waals surface area (Å²) in [6.07, 6.45) is 11.0. The number of ether oxygens (including phenoxy) is 2. The average Bonchev–Trinajstić information content (AvgIpc) is 2.48. The second-order valence-electron chi connectivity index (χ2n) is 7.92. The van der Waals surface area contributed by atoms with Gasteiger partial charge in [0, 0.05) is 18.9 Å². The van der Waals surface area contributed by atoms with E-state index < -0.39 is 0 Å². The number of carbonyl (C=O) groups excluding carboxylic acids is 1. The summed E-state index contributed by atoms with van der Waals surface area (Å²) in [4.78, 5) is 11.9. The number of methoxy groups -OCH3 is 1. The first-order valence-electron chi connectivity index (χ1n) is 9.08. The third-order valence-corrected chi connectivity index (χ3v) is 5.14. The number of rotatable bonds is 10. The van der Waals surface area contributed by atoms with Gasteiger partial charge in [0.25, 0.3) is 0 Å². The zero-order valence-electron chi connectivity index (χ0n) is 15.2. The zero-order valence-corrected chi connectivity index (χ0v) is 15.2. The minimum Gasteiger partial charge on any atom is -0.465 e. The summed E-state index contributed by atoms with van der Waals surface area (Å²) in [5.74, 6) is -0.0307. The molecular weight excluding hydrogens is 276 g/mol. The first kappa shape index (κ1) is 19.5. The molecule has 3 heteroatoms. The van der Waals surface area contributed by atoms with Crippen molar-refractivity contribution in [2.24, 2.45) is 10.8 Å². The Bertz CT molecular complexity index is 313. The number of hydrogen-bond acceptors (Lipinski definition) is 3. The highest BCUT2D eigenvalue weighted by atomic mass is 16.5. The summed E-state index contributed by atoms with van der Waals surface area (Å²) in [5.41, 5.74) is 0.461. The van der Waals surface area contributed by atoms with E-state index in [0.717, 1.165) is 25.7 Å². The molecule has 1 fully saturated rings. The van der Waals surface area contributed by atoms with Crippen LogP contribution in [-0.4, -0.2) is 26.3 Å². The molecule has 0 aromatic heterocycles. The maximum atomic E-state index is 11.9. The standard InChI is InChI=1S/C19H36O3/c1-5-6-7-8-9-10-17(20)22-16-19(15-21-4)13-11-18(2,3)12-14-19/h5-16H2,1-4H3. The number of carbonyl (C=O) groups is 1. The van der Waals surface area contributed by atoms with Gasteiger partial charge in [0.15, 0.2) is 0 Å². The number of unbranched alkanes of at least 4 members (excludes halogenated alkanes) is 4. The van der Waals surface area contributed by atoms with E-state index in [1.165, 1.54) is 32.1 Å². The van der Waals surface area contributed by atoms with Gasteiger partial charge in [-0.05, 0) is 37.5 Å². The molecule has 0 saturated heterocycles. The molecule has 1 rings (SSSR count). The van der Waals surface area contributed by atoms with Gasteiger partial charge < -0.3 is 9.47 Å². The molecule has 0 aromatic rings. The van der Waals surface area contributed by atoms with E-state index in [4.69, 9.17) is 9.47 Å². The van der Waals surface area contributed by atoms with Gasteiger partial charge in [-0.1, -0.05) is 46.5 Å². The molecule has 0 aromatic carbocycles. The normalized spacial score (nSPS) is 19.8. The van der Waals surface area contributed by atoms with Gasteiger partial charge in [-0.25, -0.2) is 0 Å². The molecule has 0 spiro atoms. The van der Waals surface area contributed by atoms with Gasteiger partial charge in [0.2, 0.25) is 0 Å². The predicted octanol–water partition coefficient (Wildman–Crippen LogP) is 5.12. The van der Waals surface area contributed by atoms with Gasteiger partial charge in [0.1, 0.15) is 0 Å². The fourth-order valence-corrected chi connectivity index (χ4v) is 3.27. The Hall–Kier alpha value is -0.570. The van der Waals surface area contributed by atoms with Crippen molar-refractivity contribution in [1.29, 1.82) is 0 Å². The van der Waals surface area contributed by atoms with Crippen molar-refractivity contribution in [3.63, 3.8) is 0 Å². The molecule has 1 aliphatic rings. The van der Waals surface area contributed by atoms with Gasteiger partial charge in [-0.2, -0.15) is 0 Å². The Labute approximate surface area is 137 Å². The van der Waals surface area contributed by atoms with Crippen molar-refractivity contribution in [1.82, 2.24) is 0 Å². The molecule has 0 heterocycles. The van der Waals surface area contributed by atoms with Crippen LogP contribution < -0.4 is 0 Å². The van der Waals surface area contributed by atoms with Crippen molar-refractivity contribution in [3.8, 4) is 0 Å². The van der Waals surface area contributed by atoms with Crippen LogP contribution in [0.5, 0.6) is 0 Å². The van der Waals surface area contributed by atoms with Crippen LogP contribution in [0.2, 0.25) is 0 Å². The Kier molecular flexibility index (Phi) is 8.45. The van der Waals surface area contributed by atoms with Gasteiger partial charge in [0.05, 0.1) is 13.2 Å². The minimum absolute atomic E-state index is 0.0307. The highest BCUT2D eigenvalue weighted by Crippen LogP contribution is 2.45. The molecular formula is C19H36O3. The molecule has 0 bridgehead atoms. The molecule has 1 saturated carbocycles. The van der Waals surface area contributed by atoms with E-state index in [2.05, 4.69) is 20.8 Å². The first-order valence-corrected chi connectivity index (χ1v) is 9.08. The summed E-state index contributed by atoms with van der Waals surface area (Å²) in [7, 11) is 1.75. The Balaban J connectivity index is 2.30. The largest absolute Gasteiger partial charge is 0.465 e. The van der Waals surface area contributed by atoms with Crippen molar-refractivity contribution in [2.45, 2.75) is 85.0 Å².